The molecule has 2 aromatic heterocycles. The Morgan fingerprint density at radius 2 is 1.96 bits per heavy atom. The summed E-state index contributed by atoms with van der Waals surface area (Å²) < 4.78 is 15.9. The number of carbonyl (C=O) groups is 1. The molecule has 0 saturated heterocycles. The van der Waals surface area contributed by atoms with E-state index in [1.165, 1.54) is 21.5 Å². The molecule has 2 heterocycles. The van der Waals surface area contributed by atoms with Gasteiger partial charge < -0.3 is 5.32 Å². The maximum atomic E-state index is 13.3. The van der Waals surface area contributed by atoms with E-state index in [0.29, 0.717) is 28.8 Å². The van der Waals surface area contributed by atoms with Crippen molar-refractivity contribution >= 4 is 16.8 Å². The van der Waals surface area contributed by atoms with E-state index in [1.807, 2.05) is 20.8 Å². The standard InChI is InChI=1S/C19H22FN5O2/c1-4-9-21-16(26)11-24-19(27)18-15(17(23-24)12(2)3)10-22-25(18)14-7-5-13(20)6-8-14/h5-8,10,12H,4,9,11H2,1-3H3,(H,21,26). The van der Waals surface area contributed by atoms with Crippen LogP contribution in [-0.2, 0) is 11.3 Å². The molecule has 1 aromatic carbocycles. The van der Waals surface area contributed by atoms with Gasteiger partial charge in [0, 0.05) is 11.9 Å². The molecule has 0 unspecified atom stereocenters. The minimum atomic E-state index is -0.414. The second-order valence-corrected chi connectivity index (χ2v) is 6.65. The first-order valence-corrected chi connectivity index (χ1v) is 8.93. The van der Waals surface area contributed by atoms with Crippen LogP contribution in [0.5, 0.6) is 0 Å². The molecule has 0 fully saturated rings. The molecule has 27 heavy (non-hydrogen) atoms. The summed E-state index contributed by atoms with van der Waals surface area (Å²) in [5.41, 5.74) is 1.15. The molecule has 0 bridgehead atoms. The molecule has 7 nitrogen and oxygen atoms in total. The number of benzene rings is 1. The van der Waals surface area contributed by atoms with Crippen molar-refractivity contribution in [2.75, 3.05) is 6.54 Å². The van der Waals surface area contributed by atoms with E-state index in [0.717, 1.165) is 6.42 Å². The van der Waals surface area contributed by atoms with Gasteiger partial charge >= 0.3 is 0 Å². The number of hydrogen-bond acceptors (Lipinski definition) is 4. The number of nitrogens with zero attached hydrogens (tertiary/aromatic N) is 4. The average Bonchev–Trinajstić information content (AvgIpc) is 3.08. The lowest BCUT2D eigenvalue weighted by molar-refractivity contribution is -0.121. The van der Waals surface area contributed by atoms with Crippen molar-refractivity contribution in [2.45, 2.75) is 39.7 Å². The van der Waals surface area contributed by atoms with Crippen LogP contribution in [0.1, 0.15) is 38.8 Å². The normalized spacial score (nSPS) is 11.3. The van der Waals surface area contributed by atoms with Crippen LogP contribution in [0.25, 0.3) is 16.6 Å². The van der Waals surface area contributed by atoms with Crippen LogP contribution in [0.2, 0.25) is 0 Å². The Morgan fingerprint density at radius 3 is 2.59 bits per heavy atom. The zero-order chi connectivity index (χ0) is 19.6. The highest BCUT2D eigenvalue weighted by Crippen LogP contribution is 2.23. The molecule has 0 aliphatic rings. The summed E-state index contributed by atoms with van der Waals surface area (Å²) in [5, 5.41) is 12.1. The topological polar surface area (TPSA) is 81.8 Å². The summed E-state index contributed by atoms with van der Waals surface area (Å²) >= 11 is 0. The summed E-state index contributed by atoms with van der Waals surface area (Å²) in [7, 11) is 0. The molecular weight excluding hydrogens is 349 g/mol. The first-order chi connectivity index (χ1) is 12.9. The maximum absolute atomic E-state index is 13.3. The molecule has 1 amide bonds. The largest absolute Gasteiger partial charge is 0.355 e. The second kappa shape index (κ2) is 7.69. The molecule has 3 rings (SSSR count). The molecular formula is C19H22FN5O2. The lowest BCUT2D eigenvalue weighted by Crippen LogP contribution is -2.35. The lowest BCUT2D eigenvalue weighted by atomic mass is 10.1. The Balaban J connectivity index is 2.16. The number of nitrogens with one attached hydrogen (secondary N) is 1. The number of halogens is 1. The van der Waals surface area contributed by atoms with Crippen LogP contribution in [0.3, 0.4) is 0 Å². The Morgan fingerprint density at radius 1 is 1.26 bits per heavy atom. The van der Waals surface area contributed by atoms with Gasteiger partial charge in [0.05, 0.1) is 17.6 Å². The third-order valence-electron chi connectivity index (χ3n) is 4.19. The molecule has 0 saturated carbocycles. The van der Waals surface area contributed by atoms with Crippen LogP contribution in [0, 0.1) is 5.82 Å². The van der Waals surface area contributed by atoms with Gasteiger partial charge in [-0.3, -0.25) is 9.59 Å². The quantitative estimate of drug-likeness (QED) is 0.721. The Labute approximate surface area is 155 Å². The molecule has 0 atom stereocenters. The number of amides is 1. The maximum Gasteiger partial charge on any atom is 0.293 e. The van der Waals surface area contributed by atoms with E-state index < -0.39 is 5.56 Å². The van der Waals surface area contributed by atoms with Gasteiger partial charge in [0.1, 0.15) is 17.9 Å². The zero-order valence-corrected chi connectivity index (χ0v) is 15.6. The minimum Gasteiger partial charge on any atom is -0.355 e. The van der Waals surface area contributed by atoms with Crippen LogP contribution in [0.4, 0.5) is 4.39 Å². The first-order valence-electron chi connectivity index (χ1n) is 8.93. The third kappa shape index (κ3) is 3.74. The summed E-state index contributed by atoms with van der Waals surface area (Å²) in [6.45, 7) is 6.25. The minimum absolute atomic E-state index is 0.0314. The van der Waals surface area contributed by atoms with Gasteiger partial charge in [-0.1, -0.05) is 20.8 Å². The van der Waals surface area contributed by atoms with Crippen molar-refractivity contribution in [1.82, 2.24) is 24.9 Å². The van der Waals surface area contributed by atoms with Gasteiger partial charge in [-0.05, 0) is 36.6 Å². The van der Waals surface area contributed by atoms with Crippen molar-refractivity contribution in [2.24, 2.45) is 0 Å². The van der Waals surface area contributed by atoms with E-state index in [1.54, 1.807) is 18.3 Å². The Hall–Kier alpha value is -3.03. The predicted molar refractivity (Wildman–Crippen MR) is 100 cm³/mol. The van der Waals surface area contributed by atoms with E-state index in [4.69, 9.17) is 0 Å². The van der Waals surface area contributed by atoms with Gasteiger partial charge in [0.25, 0.3) is 5.56 Å². The molecule has 3 aromatic rings. The van der Waals surface area contributed by atoms with Gasteiger partial charge in [0.2, 0.25) is 5.91 Å². The monoisotopic (exact) mass is 371 g/mol. The van der Waals surface area contributed by atoms with Gasteiger partial charge in [-0.15, -0.1) is 0 Å². The number of carbonyl (C=O) groups excluding carboxylic acids is 1. The van der Waals surface area contributed by atoms with Crippen molar-refractivity contribution in [1.29, 1.82) is 0 Å². The molecule has 0 spiro atoms. The van der Waals surface area contributed by atoms with Crippen molar-refractivity contribution < 1.29 is 9.18 Å². The molecule has 142 valence electrons. The molecule has 0 aliphatic heterocycles. The third-order valence-corrected chi connectivity index (χ3v) is 4.19. The summed E-state index contributed by atoms with van der Waals surface area (Å²) in [6.07, 6.45) is 2.39. The number of aromatic nitrogens is 4. The smallest absolute Gasteiger partial charge is 0.293 e. The zero-order valence-electron chi connectivity index (χ0n) is 15.6. The number of hydrogen-bond donors (Lipinski definition) is 1. The molecule has 1 N–H and O–H groups in total. The molecule has 0 aliphatic carbocycles. The van der Waals surface area contributed by atoms with Crippen LogP contribution >= 0.6 is 0 Å². The van der Waals surface area contributed by atoms with Crippen LogP contribution in [-0.4, -0.2) is 32.0 Å². The summed E-state index contributed by atoms with van der Waals surface area (Å²) in [4.78, 5) is 25.1. The predicted octanol–water partition coefficient (Wildman–Crippen LogP) is 2.37. The summed E-state index contributed by atoms with van der Waals surface area (Å²) in [6, 6.07) is 5.72. The highest BCUT2D eigenvalue weighted by molar-refractivity contribution is 5.82. The fraction of sp³-hybridized carbons (Fsp3) is 0.368. The van der Waals surface area contributed by atoms with Crippen molar-refractivity contribution in [3.8, 4) is 5.69 Å². The number of rotatable bonds is 6. The van der Waals surface area contributed by atoms with Crippen molar-refractivity contribution in [3.63, 3.8) is 0 Å². The second-order valence-electron chi connectivity index (χ2n) is 6.65. The Kier molecular flexibility index (Phi) is 5.34. The van der Waals surface area contributed by atoms with Gasteiger partial charge in [-0.2, -0.15) is 10.2 Å². The van der Waals surface area contributed by atoms with Crippen molar-refractivity contribution in [3.05, 3.63) is 52.3 Å². The fourth-order valence-electron chi connectivity index (χ4n) is 2.86. The van der Waals surface area contributed by atoms with Gasteiger partial charge in [-0.25, -0.2) is 13.8 Å². The van der Waals surface area contributed by atoms with E-state index in [-0.39, 0.29) is 24.2 Å². The molecule has 0 radical (unpaired) electrons. The summed E-state index contributed by atoms with van der Waals surface area (Å²) in [5.74, 6) is -0.609. The van der Waals surface area contributed by atoms with E-state index in [9.17, 15) is 14.0 Å². The fourth-order valence-corrected chi connectivity index (χ4v) is 2.86. The first kappa shape index (κ1) is 18.8. The molecule has 8 heteroatoms. The SMILES string of the molecule is CCCNC(=O)Cn1nc(C(C)C)c2cnn(-c3ccc(F)cc3)c2c1=O. The highest BCUT2D eigenvalue weighted by Gasteiger charge is 2.19. The number of fused-ring (bicyclic) bond motifs is 1. The van der Waals surface area contributed by atoms with E-state index >= 15 is 0 Å². The van der Waals surface area contributed by atoms with Crippen LogP contribution in [0.15, 0.2) is 35.3 Å². The van der Waals surface area contributed by atoms with Crippen LogP contribution < -0.4 is 10.9 Å². The lowest BCUT2D eigenvalue weighted by Gasteiger charge is -2.12. The van der Waals surface area contributed by atoms with E-state index in [2.05, 4.69) is 15.5 Å². The average molecular weight is 371 g/mol. The Bertz CT molecular complexity index is 1020. The van der Waals surface area contributed by atoms with Gasteiger partial charge in [0.15, 0.2) is 0 Å². The highest BCUT2D eigenvalue weighted by atomic mass is 19.1.